The van der Waals surface area contributed by atoms with Crippen molar-refractivity contribution in [2.45, 2.75) is 88.2 Å². The first-order valence-corrected chi connectivity index (χ1v) is 18.3. The van der Waals surface area contributed by atoms with Gasteiger partial charge in [-0.15, -0.1) is 10.2 Å². The molecule has 2 bridgehead atoms. The van der Waals surface area contributed by atoms with Gasteiger partial charge in [-0.25, -0.2) is 0 Å². The Morgan fingerprint density at radius 1 is 0.849 bits per heavy atom. The average Bonchev–Trinajstić information content (AvgIpc) is 3.52. The molecule has 53 heavy (non-hydrogen) atoms. The number of amides is 5. The topological polar surface area (TPSA) is 183 Å². The van der Waals surface area contributed by atoms with Crippen molar-refractivity contribution in [1.82, 2.24) is 24.9 Å². The van der Waals surface area contributed by atoms with Gasteiger partial charge in [0.05, 0.1) is 27.8 Å². The smallest absolute Gasteiger partial charge is 0.269 e. The number of primary amides is 1. The van der Waals surface area contributed by atoms with Crippen LogP contribution >= 0.6 is 11.6 Å². The molecule has 3 aromatic rings. The van der Waals surface area contributed by atoms with Gasteiger partial charge in [-0.2, -0.15) is 5.26 Å². The summed E-state index contributed by atoms with van der Waals surface area (Å²) in [6.45, 7) is 2.06. The van der Waals surface area contributed by atoms with Crippen LogP contribution in [0.4, 0.5) is 5.82 Å². The van der Waals surface area contributed by atoms with Crippen molar-refractivity contribution in [3.8, 4) is 11.8 Å². The standard InChI is InChI=1S/C38H37ClN8O6/c39-30-16-27(7-2-22(30)17-40)53-26-8-5-23(6-9-26)46-34(48)14-12-32(38(46)52)47-36(50)28-10-1-21(15-29(28)37(47)51)18-45-24-3-4-25(45)20-44(19-24)33-13-11-31(35(41)49)42-43-33/h1-2,7,10-11,13,15-16,23-26,32H,3-6,8-9,12,14,18-20H2,(H2,41,49)/t23?,24-,25-,26?,32-/m1/s1. The number of halogens is 1. The first-order chi connectivity index (χ1) is 25.6. The van der Waals surface area contributed by atoms with Crippen LogP contribution in [0.1, 0.15) is 93.7 Å². The summed E-state index contributed by atoms with van der Waals surface area (Å²) in [7, 11) is 0. The molecule has 8 rings (SSSR count). The highest BCUT2D eigenvalue weighted by molar-refractivity contribution is 6.31. The quantitative estimate of drug-likeness (QED) is 0.334. The first-order valence-electron chi connectivity index (χ1n) is 18.0. The molecule has 0 radical (unpaired) electrons. The number of nitriles is 1. The molecule has 3 saturated heterocycles. The summed E-state index contributed by atoms with van der Waals surface area (Å²) in [5.74, 6) is -1.21. The number of aromatic nitrogens is 2. The van der Waals surface area contributed by atoms with Crippen molar-refractivity contribution < 1.29 is 28.7 Å². The van der Waals surface area contributed by atoms with Gasteiger partial charge < -0.3 is 15.4 Å². The number of ether oxygens (including phenoxy) is 1. The van der Waals surface area contributed by atoms with Gasteiger partial charge in [-0.05, 0) is 86.9 Å². The van der Waals surface area contributed by atoms with E-state index in [2.05, 4.69) is 20.0 Å². The molecule has 5 aliphatic rings. The highest BCUT2D eigenvalue weighted by Crippen LogP contribution is 2.37. The van der Waals surface area contributed by atoms with E-state index in [1.165, 1.54) is 4.90 Å². The second-order valence-corrected chi connectivity index (χ2v) is 14.8. The van der Waals surface area contributed by atoms with Crippen LogP contribution in [-0.4, -0.2) is 97.8 Å². The number of anilines is 1. The molecule has 14 nitrogen and oxygen atoms in total. The molecule has 2 N–H and O–H groups in total. The number of fused-ring (bicyclic) bond motifs is 3. The number of imide groups is 2. The minimum atomic E-state index is -1.05. The van der Waals surface area contributed by atoms with Crippen LogP contribution in [-0.2, 0) is 16.1 Å². The van der Waals surface area contributed by atoms with Crippen LogP contribution in [0.5, 0.6) is 5.75 Å². The van der Waals surface area contributed by atoms with Crippen LogP contribution in [0.25, 0.3) is 0 Å². The Labute approximate surface area is 310 Å². The molecule has 4 aliphatic heterocycles. The van der Waals surface area contributed by atoms with E-state index in [0.717, 1.165) is 36.4 Å². The lowest BCUT2D eigenvalue weighted by Gasteiger charge is -2.41. The summed E-state index contributed by atoms with van der Waals surface area (Å²) < 4.78 is 6.09. The van der Waals surface area contributed by atoms with Gasteiger partial charge in [-0.1, -0.05) is 17.7 Å². The number of rotatable bonds is 8. The predicted molar refractivity (Wildman–Crippen MR) is 190 cm³/mol. The van der Waals surface area contributed by atoms with Gasteiger partial charge in [0.25, 0.3) is 23.6 Å². The lowest BCUT2D eigenvalue weighted by atomic mass is 9.89. The summed E-state index contributed by atoms with van der Waals surface area (Å²) in [6, 6.07) is 14.7. The fourth-order valence-electron chi connectivity index (χ4n) is 8.64. The van der Waals surface area contributed by atoms with Gasteiger partial charge in [-0.3, -0.25) is 38.7 Å². The Balaban J connectivity index is 0.909. The van der Waals surface area contributed by atoms with Gasteiger partial charge >= 0.3 is 0 Å². The van der Waals surface area contributed by atoms with Crippen molar-refractivity contribution >= 4 is 47.0 Å². The van der Waals surface area contributed by atoms with Crippen LogP contribution in [0.15, 0.2) is 48.5 Å². The second kappa shape index (κ2) is 13.9. The number of carbonyl (C=O) groups excluding carboxylic acids is 5. The highest BCUT2D eigenvalue weighted by atomic mass is 35.5. The molecule has 4 fully saturated rings. The zero-order valence-corrected chi connectivity index (χ0v) is 29.6. The maximum absolute atomic E-state index is 14.0. The predicted octanol–water partition coefficient (Wildman–Crippen LogP) is 3.46. The van der Waals surface area contributed by atoms with E-state index >= 15 is 0 Å². The number of piperazine rings is 1. The van der Waals surface area contributed by atoms with E-state index < -0.39 is 29.7 Å². The van der Waals surface area contributed by atoms with Crippen LogP contribution in [0.2, 0.25) is 5.02 Å². The Kier molecular flexibility index (Phi) is 9.08. The van der Waals surface area contributed by atoms with Crippen molar-refractivity contribution in [1.29, 1.82) is 5.26 Å². The number of nitrogens with two attached hydrogens (primary N) is 1. The van der Waals surface area contributed by atoms with Crippen molar-refractivity contribution in [2.75, 3.05) is 18.0 Å². The molecule has 1 saturated carbocycles. The van der Waals surface area contributed by atoms with Crippen molar-refractivity contribution in [2.24, 2.45) is 5.73 Å². The fraction of sp³-hybridized carbons (Fsp3) is 0.421. The molecule has 0 spiro atoms. The maximum atomic E-state index is 14.0. The Morgan fingerprint density at radius 3 is 2.23 bits per heavy atom. The van der Waals surface area contributed by atoms with E-state index in [0.29, 0.717) is 54.4 Å². The fourth-order valence-corrected chi connectivity index (χ4v) is 8.86. The molecule has 3 atom stereocenters. The van der Waals surface area contributed by atoms with E-state index in [1.54, 1.807) is 42.5 Å². The molecule has 272 valence electrons. The van der Waals surface area contributed by atoms with Gasteiger partial charge in [0.2, 0.25) is 5.91 Å². The summed E-state index contributed by atoms with van der Waals surface area (Å²) >= 11 is 6.16. The summed E-state index contributed by atoms with van der Waals surface area (Å²) in [5.41, 5.74) is 7.24. The third-order valence-electron chi connectivity index (χ3n) is 11.3. The first kappa shape index (κ1) is 34.7. The number of hydrogen-bond donors (Lipinski definition) is 1. The lowest BCUT2D eigenvalue weighted by Crippen LogP contribution is -2.59. The number of likely N-dealkylation sites (tertiary alicyclic amines) is 1. The molecular formula is C38H37ClN8O6. The highest BCUT2D eigenvalue weighted by Gasteiger charge is 2.49. The molecule has 1 aromatic heterocycles. The maximum Gasteiger partial charge on any atom is 0.269 e. The third kappa shape index (κ3) is 6.38. The number of piperidine rings is 1. The normalized spacial score (nSPS) is 25.8. The van der Waals surface area contributed by atoms with E-state index in [9.17, 15) is 24.0 Å². The Bertz CT molecular complexity index is 2050. The summed E-state index contributed by atoms with van der Waals surface area (Å²) in [6.07, 6.45) is 4.24. The third-order valence-corrected chi connectivity index (χ3v) is 11.6. The lowest BCUT2D eigenvalue weighted by molar-refractivity contribution is -0.155. The van der Waals surface area contributed by atoms with Crippen LogP contribution in [0, 0.1) is 11.3 Å². The minimum Gasteiger partial charge on any atom is -0.490 e. The van der Waals surface area contributed by atoms with Gasteiger partial charge in [0, 0.05) is 50.2 Å². The van der Waals surface area contributed by atoms with E-state index in [-0.39, 0.29) is 59.8 Å². The van der Waals surface area contributed by atoms with E-state index in [4.69, 9.17) is 27.3 Å². The Morgan fingerprint density at radius 2 is 1.57 bits per heavy atom. The number of benzene rings is 2. The molecule has 1 aliphatic carbocycles. The van der Waals surface area contributed by atoms with Crippen molar-refractivity contribution in [3.05, 3.63) is 81.5 Å². The number of carbonyl (C=O) groups is 5. The number of hydrogen-bond acceptors (Lipinski definition) is 11. The summed E-state index contributed by atoms with van der Waals surface area (Å²) in [4.78, 5) is 73.1. The molecular weight excluding hydrogens is 700 g/mol. The van der Waals surface area contributed by atoms with Crippen LogP contribution in [0.3, 0.4) is 0 Å². The van der Waals surface area contributed by atoms with Gasteiger partial charge in [0.1, 0.15) is 17.9 Å². The molecule has 2 aromatic carbocycles. The monoisotopic (exact) mass is 736 g/mol. The second-order valence-electron chi connectivity index (χ2n) is 14.4. The van der Waals surface area contributed by atoms with Crippen LogP contribution < -0.4 is 15.4 Å². The Hall–Kier alpha value is -5.39. The average molecular weight is 737 g/mol. The molecule has 15 heteroatoms. The van der Waals surface area contributed by atoms with E-state index in [1.807, 2.05) is 12.1 Å². The SMILES string of the molecule is N#Cc1ccc(OC2CCC(N3C(=O)CC[C@@H](N4C(=O)c5ccc(CN6[C@@H]7CC[C@@H]6CN(c6ccc(C(N)=O)nn6)C7)cc5C4=O)C3=O)CC2)cc1Cl. The zero-order chi connectivity index (χ0) is 37.0. The molecule has 5 amide bonds. The number of nitrogens with zero attached hydrogens (tertiary/aromatic N) is 7. The summed E-state index contributed by atoms with van der Waals surface area (Å²) in [5, 5.41) is 17.6. The van der Waals surface area contributed by atoms with Crippen molar-refractivity contribution in [3.63, 3.8) is 0 Å². The largest absolute Gasteiger partial charge is 0.490 e. The van der Waals surface area contributed by atoms with Gasteiger partial charge in [0.15, 0.2) is 11.5 Å². The molecule has 0 unspecified atom stereocenters. The molecule has 5 heterocycles. The zero-order valence-electron chi connectivity index (χ0n) is 28.8. The minimum absolute atomic E-state index is 0.0604.